The number of nitrogens with zero attached hydrogens (tertiary/aromatic N) is 1. The van der Waals surface area contributed by atoms with Crippen molar-refractivity contribution < 1.29 is 5.11 Å². The molecule has 1 N–H and O–H groups in total. The molecule has 2 aromatic rings. The number of hydrogen-bond acceptors (Lipinski definition) is 2. The molecule has 1 aromatic carbocycles. The van der Waals surface area contributed by atoms with Crippen LogP contribution in [0.2, 0.25) is 0 Å². The Morgan fingerprint density at radius 2 is 1.89 bits per heavy atom. The van der Waals surface area contributed by atoms with Crippen LogP contribution in [0.5, 0.6) is 0 Å². The summed E-state index contributed by atoms with van der Waals surface area (Å²) in [7, 11) is 0. The van der Waals surface area contributed by atoms with Crippen LogP contribution in [0.4, 0.5) is 0 Å². The molecule has 94 valence electrons. The fourth-order valence-electron chi connectivity index (χ4n) is 1.92. The summed E-state index contributed by atoms with van der Waals surface area (Å²) in [6.07, 6.45) is 3.88. The monoisotopic (exact) mass is 305 g/mol. The first-order valence-corrected chi connectivity index (χ1v) is 6.89. The number of pyridine rings is 1. The predicted molar refractivity (Wildman–Crippen MR) is 76.3 cm³/mol. The van der Waals surface area contributed by atoms with Crippen LogP contribution in [0, 0.1) is 0 Å². The Hall–Kier alpha value is -1.19. The van der Waals surface area contributed by atoms with Gasteiger partial charge >= 0.3 is 0 Å². The fourth-order valence-corrected chi connectivity index (χ4v) is 2.44. The lowest BCUT2D eigenvalue weighted by atomic mass is 10.0. The third-order valence-electron chi connectivity index (χ3n) is 2.89. The lowest BCUT2D eigenvalue weighted by Gasteiger charge is -2.11. The minimum Gasteiger partial charge on any atom is -0.387 e. The highest BCUT2D eigenvalue weighted by molar-refractivity contribution is 9.10. The molecule has 0 saturated carbocycles. The fraction of sp³-hybridized carbons (Fsp3) is 0.267. The maximum absolute atomic E-state index is 10.1. The Morgan fingerprint density at radius 1 is 1.11 bits per heavy atom. The number of rotatable bonds is 5. The Balaban J connectivity index is 1.86. The highest BCUT2D eigenvalue weighted by Crippen LogP contribution is 2.24. The zero-order valence-corrected chi connectivity index (χ0v) is 11.7. The molecular weight excluding hydrogens is 290 g/mol. The quantitative estimate of drug-likeness (QED) is 0.909. The first-order valence-electron chi connectivity index (χ1n) is 6.10. The molecule has 0 aliphatic heterocycles. The van der Waals surface area contributed by atoms with Crippen molar-refractivity contribution >= 4 is 15.9 Å². The number of aliphatic hydroxyl groups excluding tert-OH is 1. The summed E-state index contributed by atoms with van der Waals surface area (Å²) >= 11 is 3.41. The van der Waals surface area contributed by atoms with Crippen LogP contribution in [0.25, 0.3) is 0 Å². The molecule has 0 spiro atoms. The van der Waals surface area contributed by atoms with E-state index in [1.807, 2.05) is 30.3 Å². The number of aliphatic hydroxyl groups is 1. The van der Waals surface area contributed by atoms with Gasteiger partial charge in [0.15, 0.2) is 0 Å². The van der Waals surface area contributed by atoms with Crippen molar-refractivity contribution in [2.24, 2.45) is 0 Å². The van der Waals surface area contributed by atoms with Gasteiger partial charge in [0.25, 0.3) is 0 Å². The van der Waals surface area contributed by atoms with E-state index in [2.05, 4.69) is 33.0 Å². The number of hydrogen-bond donors (Lipinski definition) is 1. The van der Waals surface area contributed by atoms with E-state index in [1.165, 1.54) is 5.56 Å². The Bertz CT molecular complexity index is 487. The second kappa shape index (κ2) is 6.66. The minimum atomic E-state index is -0.496. The molecular formula is C15H16BrNO. The zero-order valence-electron chi connectivity index (χ0n) is 10.1. The van der Waals surface area contributed by atoms with Crippen molar-refractivity contribution in [3.05, 3.63) is 64.4 Å². The highest BCUT2D eigenvalue weighted by Gasteiger charge is 2.11. The second-order valence-electron chi connectivity index (χ2n) is 4.26. The first kappa shape index (κ1) is 13.2. The third kappa shape index (κ3) is 3.65. The van der Waals surface area contributed by atoms with E-state index >= 15 is 0 Å². The topological polar surface area (TPSA) is 33.1 Å². The van der Waals surface area contributed by atoms with Crippen molar-refractivity contribution in [3.8, 4) is 0 Å². The van der Waals surface area contributed by atoms with Gasteiger partial charge in [-0.2, -0.15) is 0 Å². The van der Waals surface area contributed by atoms with Crippen LogP contribution in [0.15, 0.2) is 53.1 Å². The second-order valence-corrected chi connectivity index (χ2v) is 5.12. The molecule has 1 heterocycles. The van der Waals surface area contributed by atoms with E-state index in [0.717, 1.165) is 29.4 Å². The largest absolute Gasteiger partial charge is 0.387 e. The standard InChI is InChI=1S/C15H16BrNO/c16-13-9-5-11-17-15(13)14(18)10-4-8-12-6-2-1-3-7-12/h1-3,5-7,9,11,14,18H,4,8,10H2. The van der Waals surface area contributed by atoms with Crippen molar-refractivity contribution in [3.63, 3.8) is 0 Å². The molecule has 2 nitrogen and oxygen atoms in total. The summed E-state index contributed by atoms with van der Waals surface area (Å²) < 4.78 is 0.872. The van der Waals surface area contributed by atoms with Gasteiger partial charge in [0.1, 0.15) is 0 Å². The molecule has 1 unspecified atom stereocenters. The molecule has 18 heavy (non-hydrogen) atoms. The molecule has 0 saturated heterocycles. The van der Waals surface area contributed by atoms with Gasteiger partial charge in [0.05, 0.1) is 11.8 Å². The van der Waals surface area contributed by atoms with Gasteiger partial charge in [-0.3, -0.25) is 4.98 Å². The molecule has 3 heteroatoms. The van der Waals surface area contributed by atoms with Crippen molar-refractivity contribution in [2.75, 3.05) is 0 Å². The van der Waals surface area contributed by atoms with E-state index in [4.69, 9.17) is 0 Å². The lowest BCUT2D eigenvalue weighted by molar-refractivity contribution is 0.159. The summed E-state index contributed by atoms with van der Waals surface area (Å²) in [6.45, 7) is 0. The molecule has 1 atom stereocenters. The molecule has 0 aliphatic rings. The Kier molecular flexibility index (Phi) is 4.90. The molecule has 0 radical (unpaired) electrons. The van der Waals surface area contributed by atoms with E-state index in [9.17, 15) is 5.11 Å². The average molecular weight is 306 g/mol. The van der Waals surface area contributed by atoms with Crippen LogP contribution in [-0.2, 0) is 6.42 Å². The predicted octanol–water partition coefficient (Wildman–Crippen LogP) is 3.90. The van der Waals surface area contributed by atoms with Gasteiger partial charge in [-0.05, 0) is 52.9 Å². The van der Waals surface area contributed by atoms with Gasteiger partial charge in [-0.1, -0.05) is 30.3 Å². The van der Waals surface area contributed by atoms with Gasteiger partial charge in [-0.25, -0.2) is 0 Å². The minimum absolute atomic E-state index is 0.496. The molecule has 0 amide bonds. The normalized spacial score (nSPS) is 12.3. The van der Waals surface area contributed by atoms with Crippen LogP contribution >= 0.6 is 15.9 Å². The molecule has 2 rings (SSSR count). The summed E-state index contributed by atoms with van der Waals surface area (Å²) in [5, 5.41) is 10.1. The number of halogens is 1. The maximum atomic E-state index is 10.1. The maximum Gasteiger partial charge on any atom is 0.0971 e. The Morgan fingerprint density at radius 3 is 2.61 bits per heavy atom. The number of aryl methyl sites for hydroxylation is 1. The van der Waals surface area contributed by atoms with E-state index in [0.29, 0.717) is 0 Å². The van der Waals surface area contributed by atoms with Crippen LogP contribution in [0.3, 0.4) is 0 Å². The van der Waals surface area contributed by atoms with Gasteiger partial charge in [0, 0.05) is 10.7 Å². The average Bonchev–Trinajstić information content (AvgIpc) is 2.40. The van der Waals surface area contributed by atoms with Crippen molar-refractivity contribution in [1.29, 1.82) is 0 Å². The summed E-state index contributed by atoms with van der Waals surface area (Å²) in [6, 6.07) is 14.1. The molecule has 0 fully saturated rings. The zero-order chi connectivity index (χ0) is 12.8. The smallest absolute Gasteiger partial charge is 0.0971 e. The summed E-state index contributed by atoms with van der Waals surface area (Å²) in [5.41, 5.74) is 2.04. The van der Waals surface area contributed by atoms with Crippen LogP contribution < -0.4 is 0 Å². The van der Waals surface area contributed by atoms with E-state index in [-0.39, 0.29) is 0 Å². The number of aromatic nitrogens is 1. The lowest BCUT2D eigenvalue weighted by Crippen LogP contribution is -2.02. The number of benzene rings is 1. The van der Waals surface area contributed by atoms with Crippen LogP contribution in [0.1, 0.15) is 30.2 Å². The third-order valence-corrected chi connectivity index (χ3v) is 3.56. The van der Waals surface area contributed by atoms with Gasteiger partial charge in [-0.15, -0.1) is 0 Å². The SMILES string of the molecule is OC(CCCc1ccccc1)c1ncccc1Br. The van der Waals surface area contributed by atoms with Crippen molar-refractivity contribution in [1.82, 2.24) is 4.98 Å². The van der Waals surface area contributed by atoms with Crippen LogP contribution in [-0.4, -0.2) is 10.1 Å². The van der Waals surface area contributed by atoms with Gasteiger partial charge in [0.2, 0.25) is 0 Å². The molecule has 1 aromatic heterocycles. The van der Waals surface area contributed by atoms with Gasteiger partial charge < -0.3 is 5.11 Å². The Labute approximate surface area is 116 Å². The molecule has 0 aliphatic carbocycles. The summed E-state index contributed by atoms with van der Waals surface area (Å²) in [5.74, 6) is 0. The first-order chi connectivity index (χ1) is 8.77. The summed E-state index contributed by atoms with van der Waals surface area (Å²) in [4.78, 5) is 4.21. The van der Waals surface area contributed by atoms with E-state index in [1.54, 1.807) is 6.20 Å². The highest BCUT2D eigenvalue weighted by atomic mass is 79.9. The van der Waals surface area contributed by atoms with E-state index < -0.39 is 6.10 Å². The van der Waals surface area contributed by atoms with Crippen molar-refractivity contribution in [2.45, 2.75) is 25.4 Å². The molecule has 0 bridgehead atoms.